The van der Waals surface area contributed by atoms with Crippen LogP contribution in [0.3, 0.4) is 0 Å². The van der Waals surface area contributed by atoms with E-state index in [-0.39, 0.29) is 11.6 Å². The molecule has 0 fully saturated rings. The highest BCUT2D eigenvalue weighted by Gasteiger charge is 2.48. The third-order valence-corrected chi connectivity index (χ3v) is 5.89. The minimum Gasteiger partial charge on any atom is -0.377 e. The van der Waals surface area contributed by atoms with Crippen LogP contribution in [0.1, 0.15) is 13.3 Å². The summed E-state index contributed by atoms with van der Waals surface area (Å²) in [5, 5.41) is 0. The van der Waals surface area contributed by atoms with E-state index in [1.54, 1.807) is 27.4 Å². The summed E-state index contributed by atoms with van der Waals surface area (Å²) >= 11 is 0. The van der Waals surface area contributed by atoms with E-state index in [1.165, 1.54) is 0 Å². The van der Waals surface area contributed by atoms with Crippen molar-refractivity contribution in [3.63, 3.8) is 0 Å². The van der Waals surface area contributed by atoms with E-state index >= 15 is 0 Å². The molecule has 84 valence electrons. The Morgan fingerprint density at radius 1 is 1.29 bits per heavy atom. The lowest BCUT2D eigenvalue weighted by atomic mass is 10.2. The molecule has 0 bridgehead atoms. The Bertz CT molecular complexity index is 165. The highest BCUT2D eigenvalue weighted by molar-refractivity contribution is 6.62. The van der Waals surface area contributed by atoms with E-state index in [0.29, 0.717) is 0 Å². The molecule has 0 saturated carbocycles. The molecule has 14 heavy (non-hydrogen) atoms. The van der Waals surface area contributed by atoms with Gasteiger partial charge in [-0.3, -0.25) is 0 Å². The summed E-state index contributed by atoms with van der Waals surface area (Å²) in [6, 6.07) is -0.161. The predicted molar refractivity (Wildman–Crippen MR) is 59.0 cm³/mol. The van der Waals surface area contributed by atoms with Crippen LogP contribution >= 0.6 is 0 Å². The molecule has 0 aromatic rings. The number of rotatable bonds is 7. The Morgan fingerprint density at radius 3 is 1.93 bits per heavy atom. The maximum atomic E-state index is 5.92. The molecule has 0 aromatic heterocycles. The molecule has 0 radical (unpaired) electrons. The number of hydrogen-bond donors (Lipinski definition) is 1. The van der Waals surface area contributed by atoms with Gasteiger partial charge in [0, 0.05) is 32.9 Å². The van der Waals surface area contributed by atoms with Crippen molar-refractivity contribution in [2.24, 2.45) is 5.73 Å². The number of nitrogens with two attached hydrogens (primary N) is 1. The average molecular weight is 219 g/mol. The summed E-state index contributed by atoms with van der Waals surface area (Å²) in [5.74, 6) is 0. The maximum Gasteiger partial charge on any atom is 0.505 e. The molecule has 0 aliphatic rings. The maximum absolute atomic E-state index is 5.92. The molecule has 0 aliphatic heterocycles. The molecule has 2 unspecified atom stereocenters. The van der Waals surface area contributed by atoms with Crippen LogP contribution in [0.2, 0.25) is 5.54 Å². The van der Waals surface area contributed by atoms with E-state index in [4.69, 9.17) is 19.0 Å². The van der Waals surface area contributed by atoms with Gasteiger partial charge in [0.15, 0.2) is 0 Å². The zero-order valence-corrected chi connectivity index (χ0v) is 10.4. The van der Waals surface area contributed by atoms with Gasteiger partial charge in [-0.2, -0.15) is 0 Å². The van der Waals surface area contributed by atoms with Gasteiger partial charge in [-0.15, -0.1) is 6.58 Å². The molecule has 0 saturated heterocycles. The largest absolute Gasteiger partial charge is 0.505 e. The smallest absolute Gasteiger partial charge is 0.377 e. The Labute approximate surface area is 87.4 Å². The molecule has 2 N–H and O–H groups in total. The SMILES string of the molecule is C=CC(N)C(CC)[Si](OC)(OC)OC. The average Bonchev–Trinajstić information content (AvgIpc) is 2.25. The van der Waals surface area contributed by atoms with Crippen LogP contribution < -0.4 is 5.73 Å². The Morgan fingerprint density at radius 2 is 1.71 bits per heavy atom. The molecular formula is C9H21NO3Si. The van der Waals surface area contributed by atoms with Gasteiger partial charge in [0.1, 0.15) is 0 Å². The lowest BCUT2D eigenvalue weighted by Gasteiger charge is -2.34. The van der Waals surface area contributed by atoms with Gasteiger partial charge in [-0.1, -0.05) is 13.0 Å². The van der Waals surface area contributed by atoms with E-state index < -0.39 is 8.80 Å². The van der Waals surface area contributed by atoms with Crippen molar-refractivity contribution in [2.75, 3.05) is 21.3 Å². The van der Waals surface area contributed by atoms with Gasteiger partial charge in [0.2, 0.25) is 0 Å². The third-order valence-electron chi connectivity index (χ3n) is 2.48. The van der Waals surface area contributed by atoms with Crippen molar-refractivity contribution in [1.29, 1.82) is 0 Å². The van der Waals surface area contributed by atoms with Crippen LogP contribution in [-0.4, -0.2) is 36.2 Å². The van der Waals surface area contributed by atoms with Crippen molar-refractivity contribution < 1.29 is 13.3 Å². The van der Waals surface area contributed by atoms with Crippen molar-refractivity contribution in [2.45, 2.75) is 24.9 Å². The lowest BCUT2D eigenvalue weighted by Crippen LogP contribution is -2.52. The highest BCUT2D eigenvalue weighted by Crippen LogP contribution is 2.30. The van der Waals surface area contributed by atoms with E-state index in [0.717, 1.165) is 6.42 Å². The van der Waals surface area contributed by atoms with Gasteiger partial charge in [0.25, 0.3) is 0 Å². The molecule has 0 rings (SSSR count). The van der Waals surface area contributed by atoms with Crippen molar-refractivity contribution >= 4 is 8.80 Å². The zero-order valence-electron chi connectivity index (χ0n) is 9.45. The van der Waals surface area contributed by atoms with Gasteiger partial charge in [-0.05, 0) is 6.42 Å². The lowest BCUT2D eigenvalue weighted by molar-refractivity contribution is 0.108. The topological polar surface area (TPSA) is 53.7 Å². The second-order valence-corrected chi connectivity index (χ2v) is 6.22. The summed E-state index contributed by atoms with van der Waals surface area (Å²) in [6.07, 6.45) is 2.54. The molecule has 0 spiro atoms. The van der Waals surface area contributed by atoms with Crippen molar-refractivity contribution in [3.05, 3.63) is 12.7 Å². The molecule has 0 heterocycles. The van der Waals surface area contributed by atoms with E-state index in [9.17, 15) is 0 Å². The van der Waals surface area contributed by atoms with Gasteiger partial charge in [0.05, 0.1) is 0 Å². The van der Waals surface area contributed by atoms with Crippen molar-refractivity contribution in [1.82, 2.24) is 0 Å². The first-order valence-corrected chi connectivity index (χ1v) is 6.45. The first kappa shape index (κ1) is 13.8. The van der Waals surface area contributed by atoms with E-state index in [2.05, 4.69) is 6.58 Å². The minimum atomic E-state index is -2.63. The molecule has 0 amide bonds. The number of hydrogen-bond acceptors (Lipinski definition) is 4. The molecule has 0 aliphatic carbocycles. The minimum absolute atomic E-state index is 0.0556. The van der Waals surface area contributed by atoms with Crippen LogP contribution in [0.4, 0.5) is 0 Å². The summed E-state index contributed by atoms with van der Waals surface area (Å²) in [7, 11) is 2.16. The molecule has 2 atom stereocenters. The van der Waals surface area contributed by atoms with Crippen LogP contribution in [-0.2, 0) is 13.3 Å². The Hall–Kier alpha value is -0.203. The molecule has 4 nitrogen and oxygen atoms in total. The van der Waals surface area contributed by atoms with Gasteiger partial charge in [-0.25, -0.2) is 0 Å². The normalized spacial score (nSPS) is 16.4. The van der Waals surface area contributed by atoms with Crippen LogP contribution in [0, 0.1) is 0 Å². The summed E-state index contributed by atoms with van der Waals surface area (Å²) in [5.41, 5.74) is 5.97. The van der Waals surface area contributed by atoms with Crippen LogP contribution in [0.5, 0.6) is 0 Å². The summed E-state index contributed by atoms with van der Waals surface area (Å²) < 4.78 is 16.1. The van der Waals surface area contributed by atoms with E-state index in [1.807, 2.05) is 6.92 Å². The zero-order chi connectivity index (χ0) is 11.2. The van der Waals surface area contributed by atoms with Crippen molar-refractivity contribution in [3.8, 4) is 0 Å². The molecule has 5 heteroatoms. The van der Waals surface area contributed by atoms with Crippen LogP contribution in [0.25, 0.3) is 0 Å². The third kappa shape index (κ3) is 2.65. The fourth-order valence-electron chi connectivity index (χ4n) is 1.63. The second-order valence-electron chi connectivity index (χ2n) is 3.04. The quantitative estimate of drug-likeness (QED) is 0.515. The van der Waals surface area contributed by atoms with Gasteiger partial charge < -0.3 is 19.0 Å². The summed E-state index contributed by atoms with van der Waals surface area (Å²) in [4.78, 5) is 0. The highest BCUT2D eigenvalue weighted by atomic mass is 28.4. The fraction of sp³-hybridized carbons (Fsp3) is 0.778. The van der Waals surface area contributed by atoms with Crippen LogP contribution in [0.15, 0.2) is 12.7 Å². The first-order valence-electron chi connectivity index (χ1n) is 4.65. The first-order chi connectivity index (χ1) is 6.61. The van der Waals surface area contributed by atoms with Gasteiger partial charge >= 0.3 is 8.80 Å². The fourth-order valence-corrected chi connectivity index (χ4v) is 4.14. The Kier molecular flexibility index (Phi) is 6.22. The molecular weight excluding hydrogens is 198 g/mol. The summed E-state index contributed by atoms with van der Waals surface area (Å²) in [6.45, 7) is 5.71. The Balaban J connectivity index is 4.82. The standard InChI is InChI=1S/C9H21NO3Si/c1-6-8(10)9(7-2)14(11-3,12-4)13-5/h6,8-9H,1,7,10H2,2-5H3. The second kappa shape index (κ2) is 6.31. The molecule has 0 aromatic carbocycles. The monoisotopic (exact) mass is 219 g/mol. The predicted octanol–water partition coefficient (Wildman–Crippen LogP) is 1.16.